The predicted octanol–water partition coefficient (Wildman–Crippen LogP) is 16.8. The number of hydrogen-bond acceptors (Lipinski definition) is 1. The van der Waals surface area contributed by atoms with Crippen LogP contribution in [-0.4, -0.2) is 9.13 Å². The van der Waals surface area contributed by atoms with E-state index >= 15 is 17.6 Å². The molecule has 0 unspecified atom stereocenters. The normalized spacial score (nSPS) is 11.5. The van der Waals surface area contributed by atoms with Gasteiger partial charge < -0.3 is 9.13 Å². The molecular weight excluding hydrogens is 870 g/mol. The molecule has 0 atom stereocenters. The average molecular weight is 904 g/mol. The lowest BCUT2D eigenvalue weighted by Gasteiger charge is -2.21. The largest absolute Gasteiger partial charge is 0.307 e. The number of aromatic nitrogens is 2. The van der Waals surface area contributed by atoms with E-state index in [4.69, 9.17) is 0 Å². The van der Waals surface area contributed by atoms with Gasteiger partial charge in [0, 0.05) is 27.1 Å². The average Bonchev–Trinajstić information content (AvgIpc) is 3.91. The van der Waals surface area contributed by atoms with E-state index in [-0.39, 0.29) is 5.56 Å². The Morgan fingerprint density at radius 3 is 0.899 bits per heavy atom. The van der Waals surface area contributed by atoms with Gasteiger partial charge in [0.1, 0.15) is 0 Å². The summed E-state index contributed by atoms with van der Waals surface area (Å²) in [5, 5.41) is 14.5. The van der Waals surface area contributed by atoms with E-state index in [0.29, 0.717) is 22.4 Å². The van der Waals surface area contributed by atoms with E-state index in [0.717, 1.165) is 77.1 Å². The van der Waals surface area contributed by atoms with Crippen LogP contribution in [0, 0.1) is 40.4 Å². The van der Waals surface area contributed by atoms with Crippen LogP contribution in [0.15, 0.2) is 206 Å². The van der Waals surface area contributed by atoms with Crippen LogP contribution in [0.5, 0.6) is 0 Å². The molecule has 8 heteroatoms. The Kier molecular flexibility index (Phi) is 9.82. The number of halogens is 5. The van der Waals surface area contributed by atoms with E-state index in [1.165, 1.54) is 12.1 Å². The van der Waals surface area contributed by atoms with Gasteiger partial charge in [-0.3, -0.25) is 0 Å². The third-order valence-electron chi connectivity index (χ3n) is 13.2. The van der Waals surface area contributed by atoms with E-state index in [1.54, 1.807) is 0 Å². The lowest BCUT2D eigenvalue weighted by molar-refractivity contribution is 0.381. The van der Waals surface area contributed by atoms with Crippen LogP contribution in [-0.2, 0) is 0 Å². The van der Waals surface area contributed by atoms with E-state index in [1.807, 2.05) is 167 Å². The lowest BCUT2D eigenvalue weighted by Crippen LogP contribution is -2.08. The molecule has 0 bridgehead atoms. The Labute approximate surface area is 392 Å². The Morgan fingerprint density at radius 2 is 0.594 bits per heavy atom. The Morgan fingerprint density at radius 1 is 0.304 bits per heavy atom. The molecule has 0 amide bonds. The van der Waals surface area contributed by atoms with Crippen molar-refractivity contribution in [2.24, 2.45) is 0 Å². The predicted molar refractivity (Wildman–Crippen MR) is 267 cm³/mol. The zero-order valence-corrected chi connectivity index (χ0v) is 36.4. The molecule has 69 heavy (non-hydrogen) atoms. The fourth-order valence-electron chi connectivity index (χ4n) is 9.87. The van der Waals surface area contributed by atoms with Crippen LogP contribution in [0.2, 0.25) is 0 Å². The topological polar surface area (TPSA) is 33.6 Å². The molecule has 328 valence electrons. The van der Waals surface area contributed by atoms with Crippen molar-refractivity contribution in [3.8, 4) is 73.1 Å². The van der Waals surface area contributed by atoms with Crippen molar-refractivity contribution >= 4 is 43.6 Å². The van der Waals surface area contributed by atoms with Crippen molar-refractivity contribution in [1.29, 1.82) is 5.26 Å². The molecule has 0 aliphatic carbocycles. The monoisotopic (exact) mass is 903 g/mol. The third-order valence-corrected chi connectivity index (χ3v) is 13.2. The summed E-state index contributed by atoms with van der Waals surface area (Å²) in [5.74, 6) is -10.6. The first kappa shape index (κ1) is 41.4. The molecule has 3 nitrogen and oxygen atoms in total. The van der Waals surface area contributed by atoms with Gasteiger partial charge in [-0.15, -0.1) is 0 Å². The van der Waals surface area contributed by atoms with Gasteiger partial charge in [0.25, 0.3) is 0 Å². The van der Waals surface area contributed by atoms with Gasteiger partial charge in [0.15, 0.2) is 23.3 Å². The van der Waals surface area contributed by atoms with Gasteiger partial charge >= 0.3 is 0 Å². The standard InChI is InChI=1S/C61H34F5N3/c62-57-56(58(63)60(65)61(66)59(57)64)49-34-55(69-52-31-42(38-17-9-3-10-18-38)23-27-47(52)48-28-24-43(32-53(48)69)39-19-11-4-12-20-39)54(33-44(49)35-67)68-50-29-40(36-13-5-1-6-14-36)21-25-45(50)46-26-22-41(30-51(46)68)37-15-7-2-8-16-37/h1-34H. The summed E-state index contributed by atoms with van der Waals surface area (Å²) in [7, 11) is 0. The molecule has 0 radical (unpaired) electrons. The Bertz CT molecular complexity index is 3840. The molecule has 2 heterocycles. The smallest absolute Gasteiger partial charge is 0.200 e. The molecular formula is C61H34F5N3. The minimum absolute atomic E-state index is 0.305. The van der Waals surface area contributed by atoms with E-state index in [9.17, 15) is 9.65 Å². The van der Waals surface area contributed by atoms with E-state index < -0.39 is 40.2 Å². The Balaban J connectivity index is 1.28. The maximum Gasteiger partial charge on any atom is 0.200 e. The van der Waals surface area contributed by atoms with Crippen molar-refractivity contribution in [1.82, 2.24) is 9.13 Å². The maximum absolute atomic E-state index is 16.2. The summed E-state index contributed by atoms with van der Waals surface area (Å²) in [6.45, 7) is 0. The quantitative estimate of drug-likeness (QED) is 0.0891. The number of nitrogens with zero attached hydrogens (tertiary/aromatic N) is 3. The van der Waals surface area contributed by atoms with Crippen LogP contribution >= 0.6 is 0 Å². The molecule has 0 N–H and O–H groups in total. The number of hydrogen-bond donors (Lipinski definition) is 0. The first-order valence-electron chi connectivity index (χ1n) is 22.3. The van der Waals surface area contributed by atoms with Crippen molar-refractivity contribution in [2.75, 3.05) is 0 Å². The molecule has 2 aromatic heterocycles. The second kappa shape index (κ2) is 16.4. The fraction of sp³-hybridized carbons (Fsp3) is 0. The molecule has 0 spiro atoms. The zero-order chi connectivity index (χ0) is 46.9. The van der Waals surface area contributed by atoms with Crippen LogP contribution in [0.25, 0.3) is 111 Å². The second-order valence-corrected chi connectivity index (χ2v) is 17.0. The van der Waals surface area contributed by atoms with Crippen molar-refractivity contribution in [3.63, 3.8) is 0 Å². The minimum atomic E-state index is -2.29. The second-order valence-electron chi connectivity index (χ2n) is 17.0. The minimum Gasteiger partial charge on any atom is -0.307 e. The summed E-state index contributed by atoms with van der Waals surface area (Å²) in [4.78, 5) is 0. The van der Waals surface area contributed by atoms with Gasteiger partial charge in [-0.25, -0.2) is 22.0 Å². The molecule has 0 fully saturated rings. The van der Waals surface area contributed by atoms with Gasteiger partial charge in [0.2, 0.25) is 5.82 Å². The van der Waals surface area contributed by atoms with Crippen LogP contribution < -0.4 is 0 Å². The summed E-state index contributed by atoms with van der Waals surface area (Å²) in [5.41, 5.74) is 9.04. The van der Waals surface area contributed by atoms with Gasteiger partial charge in [-0.2, -0.15) is 5.26 Å². The molecule has 0 saturated heterocycles. The Hall–Kier alpha value is -9.06. The summed E-state index contributed by atoms with van der Waals surface area (Å²) < 4.78 is 81.8. The molecule has 12 rings (SSSR count). The summed E-state index contributed by atoms with van der Waals surface area (Å²) in [6, 6.07) is 69.1. The van der Waals surface area contributed by atoms with Crippen molar-refractivity contribution in [2.45, 2.75) is 0 Å². The zero-order valence-electron chi connectivity index (χ0n) is 36.4. The molecule has 0 aliphatic heterocycles. The highest BCUT2D eigenvalue weighted by molar-refractivity contribution is 6.14. The first-order chi connectivity index (χ1) is 33.8. The molecule has 10 aromatic carbocycles. The van der Waals surface area contributed by atoms with E-state index in [2.05, 4.69) is 42.5 Å². The number of rotatable bonds is 7. The van der Waals surface area contributed by atoms with Gasteiger partial charge in [-0.05, 0) is 80.9 Å². The fourth-order valence-corrected chi connectivity index (χ4v) is 9.87. The highest BCUT2D eigenvalue weighted by atomic mass is 19.2. The van der Waals surface area contributed by atoms with Gasteiger partial charge in [-0.1, -0.05) is 170 Å². The number of fused-ring (bicyclic) bond motifs is 6. The van der Waals surface area contributed by atoms with Gasteiger partial charge in [0.05, 0.1) is 50.6 Å². The molecule has 12 aromatic rings. The van der Waals surface area contributed by atoms with Crippen LogP contribution in [0.1, 0.15) is 5.56 Å². The van der Waals surface area contributed by atoms with Crippen LogP contribution in [0.3, 0.4) is 0 Å². The summed E-state index contributed by atoms with van der Waals surface area (Å²) in [6.07, 6.45) is 0. The maximum atomic E-state index is 16.2. The third kappa shape index (κ3) is 6.70. The SMILES string of the molecule is N#Cc1cc(-n2c3cc(-c4ccccc4)ccc3c3ccc(-c4ccccc4)cc32)c(-n2c3cc(-c4ccccc4)ccc3c3ccc(-c4ccccc4)cc32)cc1-c1c(F)c(F)c(F)c(F)c1F. The molecule has 0 aliphatic rings. The molecule has 0 saturated carbocycles. The highest BCUT2D eigenvalue weighted by Crippen LogP contribution is 2.45. The lowest BCUT2D eigenvalue weighted by atomic mass is 9.96. The number of nitriles is 1. The summed E-state index contributed by atoms with van der Waals surface area (Å²) >= 11 is 0. The highest BCUT2D eigenvalue weighted by Gasteiger charge is 2.30. The van der Waals surface area contributed by atoms with Crippen molar-refractivity contribution in [3.05, 3.63) is 241 Å². The number of benzene rings is 10. The van der Waals surface area contributed by atoms with Crippen LogP contribution in [0.4, 0.5) is 22.0 Å². The van der Waals surface area contributed by atoms with Crippen molar-refractivity contribution < 1.29 is 22.0 Å². The first-order valence-corrected chi connectivity index (χ1v) is 22.3.